The number of aryl methyl sites for hydroxylation is 2. The number of hydrogen-bond acceptors (Lipinski definition) is 5. The molecule has 0 bridgehead atoms. The number of benzene rings is 1. The van der Waals surface area contributed by atoms with E-state index in [0.29, 0.717) is 40.5 Å². The molecular weight excluding hydrogens is 386 g/mol. The first kappa shape index (κ1) is 17.7. The van der Waals surface area contributed by atoms with E-state index in [1.165, 1.54) is 15.9 Å². The lowest BCUT2D eigenvalue weighted by Gasteiger charge is -2.06. The average molecular weight is 402 g/mol. The Labute approximate surface area is 163 Å². The molecule has 0 aliphatic rings. The van der Waals surface area contributed by atoms with Gasteiger partial charge in [-0.25, -0.2) is 0 Å². The van der Waals surface area contributed by atoms with Crippen molar-refractivity contribution >= 4 is 50.5 Å². The first-order valence-corrected chi connectivity index (χ1v) is 9.66. The number of rotatable bonds is 5. The molecule has 1 aromatic carbocycles. The van der Waals surface area contributed by atoms with Gasteiger partial charge in [-0.05, 0) is 36.1 Å². The van der Waals surface area contributed by atoms with E-state index in [0.717, 1.165) is 11.3 Å². The third-order valence-corrected chi connectivity index (χ3v) is 5.44. The van der Waals surface area contributed by atoms with E-state index in [1.807, 2.05) is 15.8 Å². The zero-order chi connectivity index (χ0) is 19.0. The molecule has 7 nitrogen and oxygen atoms in total. The number of amides is 1. The Morgan fingerprint density at radius 2 is 2.15 bits per heavy atom. The quantitative estimate of drug-likeness (QED) is 0.556. The predicted molar refractivity (Wildman–Crippen MR) is 107 cm³/mol. The lowest BCUT2D eigenvalue weighted by atomic mass is 10.2. The maximum absolute atomic E-state index is 12.3. The van der Waals surface area contributed by atoms with Crippen molar-refractivity contribution in [2.45, 2.75) is 19.3 Å². The highest BCUT2D eigenvalue weighted by Crippen LogP contribution is 2.20. The first-order valence-electron chi connectivity index (χ1n) is 8.40. The molecule has 3 aromatic heterocycles. The lowest BCUT2D eigenvalue weighted by molar-refractivity contribution is -0.116. The fourth-order valence-electron chi connectivity index (χ4n) is 3.01. The van der Waals surface area contributed by atoms with Gasteiger partial charge in [-0.2, -0.15) is 0 Å². The maximum atomic E-state index is 12.3. The number of nitrogens with zero attached hydrogens (tertiary/aromatic N) is 4. The smallest absolute Gasteiger partial charge is 0.272 e. The molecule has 9 heteroatoms. The van der Waals surface area contributed by atoms with Crippen LogP contribution in [0.1, 0.15) is 18.7 Å². The van der Waals surface area contributed by atoms with E-state index in [9.17, 15) is 9.59 Å². The molecule has 138 valence electrons. The highest BCUT2D eigenvalue weighted by Gasteiger charge is 2.15. The highest BCUT2D eigenvalue weighted by molar-refractivity contribution is 7.17. The van der Waals surface area contributed by atoms with Gasteiger partial charge in [0, 0.05) is 30.6 Å². The molecule has 1 amide bonds. The second kappa shape index (κ2) is 7.13. The molecule has 0 saturated heterocycles. The SMILES string of the molecule is Cn1c(=O)c2sccc2n2c(CCCC(=O)Nc3cccc(Cl)c3)nnc12. The highest BCUT2D eigenvalue weighted by atomic mass is 35.5. The Kier molecular flexibility index (Phi) is 4.67. The van der Waals surface area contributed by atoms with Crippen LogP contribution in [0.4, 0.5) is 5.69 Å². The summed E-state index contributed by atoms with van der Waals surface area (Å²) in [5, 5.41) is 13.7. The first-order chi connectivity index (χ1) is 13.0. The van der Waals surface area contributed by atoms with E-state index < -0.39 is 0 Å². The molecule has 4 rings (SSSR count). The van der Waals surface area contributed by atoms with Gasteiger partial charge in [0.05, 0.1) is 5.52 Å². The van der Waals surface area contributed by atoms with Crippen LogP contribution in [0.3, 0.4) is 0 Å². The molecular formula is C18H16ClN5O2S. The monoisotopic (exact) mass is 401 g/mol. The third kappa shape index (κ3) is 3.33. The summed E-state index contributed by atoms with van der Waals surface area (Å²) in [4.78, 5) is 24.5. The van der Waals surface area contributed by atoms with Crippen LogP contribution in [-0.4, -0.2) is 25.1 Å². The number of anilines is 1. The van der Waals surface area contributed by atoms with Gasteiger partial charge >= 0.3 is 0 Å². The largest absolute Gasteiger partial charge is 0.326 e. The number of aromatic nitrogens is 4. The summed E-state index contributed by atoms with van der Waals surface area (Å²) in [7, 11) is 1.69. The van der Waals surface area contributed by atoms with Gasteiger partial charge in [0.1, 0.15) is 10.5 Å². The summed E-state index contributed by atoms with van der Waals surface area (Å²) < 4.78 is 4.06. The molecule has 0 saturated carbocycles. The van der Waals surface area contributed by atoms with Crippen molar-refractivity contribution in [2.75, 3.05) is 5.32 Å². The summed E-state index contributed by atoms with van der Waals surface area (Å²) in [6.07, 6.45) is 1.54. The molecule has 3 heterocycles. The van der Waals surface area contributed by atoms with Gasteiger partial charge in [0.25, 0.3) is 5.56 Å². The Morgan fingerprint density at radius 3 is 2.96 bits per heavy atom. The summed E-state index contributed by atoms with van der Waals surface area (Å²) in [5.41, 5.74) is 1.41. The molecule has 0 unspecified atom stereocenters. The van der Waals surface area contributed by atoms with Crippen LogP contribution in [-0.2, 0) is 18.3 Å². The summed E-state index contributed by atoms with van der Waals surface area (Å²) >= 11 is 7.33. The fraction of sp³-hybridized carbons (Fsp3) is 0.222. The van der Waals surface area contributed by atoms with Crippen LogP contribution < -0.4 is 10.9 Å². The van der Waals surface area contributed by atoms with E-state index >= 15 is 0 Å². The molecule has 4 aromatic rings. The summed E-state index contributed by atoms with van der Waals surface area (Å²) in [5.74, 6) is 1.16. The number of carbonyl (C=O) groups is 1. The van der Waals surface area contributed by atoms with Crippen molar-refractivity contribution in [2.24, 2.45) is 7.05 Å². The van der Waals surface area contributed by atoms with Gasteiger partial charge in [-0.1, -0.05) is 17.7 Å². The Bertz CT molecular complexity index is 1210. The number of nitrogens with one attached hydrogen (secondary N) is 1. The van der Waals surface area contributed by atoms with Crippen LogP contribution in [0, 0.1) is 0 Å². The zero-order valence-electron chi connectivity index (χ0n) is 14.5. The number of hydrogen-bond donors (Lipinski definition) is 1. The third-order valence-electron chi connectivity index (χ3n) is 4.31. The van der Waals surface area contributed by atoms with Crippen LogP contribution in [0.5, 0.6) is 0 Å². The topological polar surface area (TPSA) is 81.3 Å². The minimum absolute atomic E-state index is 0.0765. The van der Waals surface area contributed by atoms with Gasteiger partial charge in [0.15, 0.2) is 0 Å². The van der Waals surface area contributed by atoms with Crippen molar-refractivity contribution in [3.63, 3.8) is 0 Å². The molecule has 27 heavy (non-hydrogen) atoms. The average Bonchev–Trinajstić information content (AvgIpc) is 3.26. The Balaban J connectivity index is 1.50. The van der Waals surface area contributed by atoms with Crippen LogP contribution in [0.15, 0.2) is 40.5 Å². The minimum atomic E-state index is -0.0841. The van der Waals surface area contributed by atoms with Gasteiger partial charge in [-0.15, -0.1) is 21.5 Å². The van der Waals surface area contributed by atoms with Crippen molar-refractivity contribution in [3.05, 3.63) is 56.9 Å². The summed E-state index contributed by atoms with van der Waals surface area (Å²) in [6.45, 7) is 0. The maximum Gasteiger partial charge on any atom is 0.272 e. The van der Waals surface area contributed by atoms with Crippen LogP contribution in [0.2, 0.25) is 5.02 Å². The van der Waals surface area contributed by atoms with Gasteiger partial charge < -0.3 is 5.32 Å². The molecule has 0 aliphatic heterocycles. The lowest BCUT2D eigenvalue weighted by Crippen LogP contribution is -2.19. The van der Waals surface area contributed by atoms with Gasteiger partial charge in [-0.3, -0.25) is 18.6 Å². The second-order valence-corrected chi connectivity index (χ2v) is 7.52. The van der Waals surface area contributed by atoms with Crippen molar-refractivity contribution in [1.82, 2.24) is 19.2 Å². The predicted octanol–water partition coefficient (Wildman–Crippen LogP) is 3.26. The standard InChI is InChI=1S/C18H16ClN5O2S/c1-23-17(26)16-13(8-9-27-16)24-14(21-22-18(23)24)6-3-7-15(25)20-12-5-2-4-11(19)10-12/h2,4-5,8-10H,3,6-7H2,1H3,(H,20,25). The number of thiophene rings is 1. The molecule has 0 atom stereocenters. The summed E-state index contributed by atoms with van der Waals surface area (Å²) in [6, 6.07) is 8.94. The minimum Gasteiger partial charge on any atom is -0.326 e. The number of halogens is 1. The Morgan fingerprint density at radius 1 is 1.30 bits per heavy atom. The molecule has 0 fully saturated rings. The van der Waals surface area contributed by atoms with Crippen molar-refractivity contribution in [1.29, 1.82) is 0 Å². The van der Waals surface area contributed by atoms with E-state index in [1.54, 1.807) is 31.3 Å². The van der Waals surface area contributed by atoms with Crippen LogP contribution >= 0.6 is 22.9 Å². The molecule has 0 spiro atoms. The number of carbonyl (C=O) groups excluding carboxylic acids is 1. The Hall–Kier alpha value is -2.71. The fourth-order valence-corrected chi connectivity index (χ4v) is 4.05. The number of fused-ring (bicyclic) bond motifs is 3. The van der Waals surface area contributed by atoms with E-state index in [2.05, 4.69) is 15.5 Å². The van der Waals surface area contributed by atoms with Crippen LogP contribution in [0.25, 0.3) is 16.0 Å². The van der Waals surface area contributed by atoms with Crippen molar-refractivity contribution < 1.29 is 4.79 Å². The van der Waals surface area contributed by atoms with E-state index in [4.69, 9.17) is 11.6 Å². The molecule has 1 N–H and O–H groups in total. The van der Waals surface area contributed by atoms with E-state index in [-0.39, 0.29) is 11.5 Å². The second-order valence-electron chi connectivity index (χ2n) is 6.16. The van der Waals surface area contributed by atoms with Crippen molar-refractivity contribution in [3.8, 4) is 0 Å². The molecule has 0 radical (unpaired) electrons. The molecule has 0 aliphatic carbocycles. The van der Waals surface area contributed by atoms with Gasteiger partial charge in [0.2, 0.25) is 11.7 Å². The normalized spacial score (nSPS) is 11.3. The zero-order valence-corrected chi connectivity index (χ0v) is 16.0.